The van der Waals surface area contributed by atoms with Crippen molar-refractivity contribution >= 4 is 17.4 Å². The summed E-state index contributed by atoms with van der Waals surface area (Å²) in [4.78, 5) is 5.08. The summed E-state index contributed by atoms with van der Waals surface area (Å²) in [7, 11) is 2.00. The molecule has 150 valence electrons. The highest BCUT2D eigenvalue weighted by molar-refractivity contribution is 5.99. The standard InChI is InChI=1S/C25H35N3/c1-7-9-18-25(5,8-2)22-16-12-11-15-21(22)24(28(6)20(4)26)27-23-17-13-10-14-19(23)3/h10-17,26H,7-9,18H2,1-6H3/p+1. The Kier molecular flexibility index (Phi) is 7.56. The number of nitrogens with two attached hydrogens (primary N) is 1. The van der Waals surface area contributed by atoms with E-state index in [1.807, 2.05) is 30.7 Å². The summed E-state index contributed by atoms with van der Waals surface area (Å²) in [6.07, 6.45) is 4.69. The molecule has 0 aromatic heterocycles. The number of aryl methyl sites for hydroxylation is 1. The number of hydrogen-bond acceptors (Lipinski definition) is 1. The number of unbranched alkanes of at least 4 members (excludes halogenated alkanes) is 1. The van der Waals surface area contributed by atoms with Gasteiger partial charge in [-0.2, -0.15) is 0 Å². The van der Waals surface area contributed by atoms with Crippen LogP contribution in [0.1, 0.15) is 70.1 Å². The van der Waals surface area contributed by atoms with Gasteiger partial charge in [0.05, 0.1) is 12.6 Å². The summed E-state index contributed by atoms with van der Waals surface area (Å²) in [5.41, 5.74) is 11.0. The Morgan fingerprint density at radius 3 is 2.32 bits per heavy atom. The van der Waals surface area contributed by atoms with Crippen molar-refractivity contribution in [3.05, 3.63) is 65.2 Å². The minimum atomic E-state index is 0.114. The lowest BCUT2D eigenvalue weighted by atomic mass is 9.74. The van der Waals surface area contributed by atoms with Crippen molar-refractivity contribution in [1.82, 2.24) is 0 Å². The molecule has 0 aliphatic rings. The fourth-order valence-electron chi connectivity index (χ4n) is 3.56. The predicted octanol–water partition coefficient (Wildman–Crippen LogP) is 5.95. The van der Waals surface area contributed by atoms with Crippen molar-refractivity contribution in [2.75, 3.05) is 7.05 Å². The van der Waals surface area contributed by atoms with Gasteiger partial charge in [0, 0.05) is 6.92 Å². The van der Waals surface area contributed by atoms with Gasteiger partial charge in [0.15, 0.2) is 5.84 Å². The molecule has 1 atom stereocenters. The molecule has 3 nitrogen and oxygen atoms in total. The molecule has 0 spiro atoms. The van der Waals surface area contributed by atoms with E-state index in [9.17, 15) is 0 Å². The number of aliphatic imine (C=N–C) groups is 1. The van der Waals surface area contributed by atoms with Crippen LogP contribution in [-0.2, 0) is 5.41 Å². The highest BCUT2D eigenvalue weighted by atomic mass is 15.1. The third kappa shape index (κ3) is 4.89. The van der Waals surface area contributed by atoms with Gasteiger partial charge in [0.1, 0.15) is 5.69 Å². The van der Waals surface area contributed by atoms with Crippen LogP contribution < -0.4 is 5.73 Å². The van der Waals surface area contributed by atoms with Crippen molar-refractivity contribution in [2.45, 2.75) is 65.7 Å². The third-order valence-corrected chi connectivity index (χ3v) is 5.87. The maximum atomic E-state index is 6.20. The highest BCUT2D eigenvalue weighted by Crippen LogP contribution is 2.36. The van der Waals surface area contributed by atoms with Gasteiger partial charge in [-0.05, 0) is 48.4 Å². The minimum Gasteiger partial charge on any atom is -0.322 e. The predicted molar refractivity (Wildman–Crippen MR) is 122 cm³/mol. The van der Waals surface area contributed by atoms with Crippen molar-refractivity contribution in [2.24, 2.45) is 10.7 Å². The van der Waals surface area contributed by atoms with Crippen molar-refractivity contribution in [1.29, 1.82) is 0 Å². The Labute approximate surface area is 171 Å². The highest BCUT2D eigenvalue weighted by Gasteiger charge is 2.30. The first-order valence-corrected chi connectivity index (χ1v) is 10.4. The van der Waals surface area contributed by atoms with Crippen molar-refractivity contribution < 1.29 is 4.58 Å². The minimum absolute atomic E-state index is 0.114. The molecule has 0 saturated heterocycles. The van der Waals surface area contributed by atoms with Crippen LogP contribution >= 0.6 is 0 Å². The molecular weight excluding hydrogens is 342 g/mol. The topological polar surface area (TPSA) is 41.4 Å². The Morgan fingerprint density at radius 1 is 1.07 bits per heavy atom. The smallest absolute Gasteiger partial charge is 0.270 e. The Morgan fingerprint density at radius 2 is 1.71 bits per heavy atom. The van der Waals surface area contributed by atoms with Gasteiger partial charge in [-0.25, -0.2) is 4.58 Å². The maximum Gasteiger partial charge on any atom is 0.270 e. The number of nitrogens with zero attached hydrogens (tertiary/aromatic N) is 2. The third-order valence-electron chi connectivity index (χ3n) is 5.87. The summed E-state index contributed by atoms with van der Waals surface area (Å²) >= 11 is 0. The quantitative estimate of drug-likeness (QED) is 0.361. The SMILES string of the molecule is CCCCC(C)(CC)c1ccccc1C(=Nc1ccccc1C)[N+](C)=C(C)N. The van der Waals surface area contributed by atoms with E-state index >= 15 is 0 Å². The summed E-state index contributed by atoms with van der Waals surface area (Å²) < 4.78 is 2.00. The summed E-state index contributed by atoms with van der Waals surface area (Å²) in [5.74, 6) is 1.63. The molecule has 1 unspecified atom stereocenters. The number of para-hydroxylation sites is 1. The second kappa shape index (κ2) is 9.68. The number of benzene rings is 2. The van der Waals surface area contributed by atoms with Crippen LogP contribution in [0.4, 0.5) is 5.69 Å². The van der Waals surface area contributed by atoms with Gasteiger partial charge < -0.3 is 5.73 Å². The van der Waals surface area contributed by atoms with Crippen LogP contribution in [0.3, 0.4) is 0 Å². The molecule has 0 heterocycles. The van der Waals surface area contributed by atoms with Gasteiger partial charge in [0.25, 0.3) is 5.84 Å². The van der Waals surface area contributed by atoms with Gasteiger partial charge >= 0.3 is 0 Å². The van der Waals surface area contributed by atoms with E-state index in [2.05, 4.69) is 64.1 Å². The lowest BCUT2D eigenvalue weighted by Crippen LogP contribution is -2.32. The van der Waals surface area contributed by atoms with E-state index < -0.39 is 0 Å². The molecule has 2 aromatic carbocycles. The molecular formula is C25H36N3+. The molecule has 0 aliphatic heterocycles. The van der Waals surface area contributed by atoms with Crippen molar-refractivity contribution in [3.8, 4) is 0 Å². The fraction of sp³-hybridized carbons (Fsp3) is 0.440. The van der Waals surface area contributed by atoms with Crippen LogP contribution in [-0.4, -0.2) is 23.3 Å². The second-order valence-electron chi connectivity index (χ2n) is 7.99. The zero-order chi connectivity index (χ0) is 20.7. The first kappa shape index (κ1) is 21.9. The van der Waals surface area contributed by atoms with Crippen LogP contribution in [0.2, 0.25) is 0 Å². The summed E-state index contributed by atoms with van der Waals surface area (Å²) in [6.45, 7) is 10.9. The lowest BCUT2D eigenvalue weighted by molar-refractivity contribution is -0.371. The largest absolute Gasteiger partial charge is 0.322 e. The van der Waals surface area contributed by atoms with E-state index in [4.69, 9.17) is 10.7 Å². The average molecular weight is 379 g/mol. The molecule has 2 rings (SSSR count). The van der Waals surface area contributed by atoms with E-state index in [1.165, 1.54) is 30.4 Å². The van der Waals surface area contributed by atoms with Gasteiger partial charge in [-0.3, -0.25) is 0 Å². The van der Waals surface area contributed by atoms with Crippen LogP contribution in [0.15, 0.2) is 53.5 Å². The molecule has 0 fully saturated rings. The van der Waals surface area contributed by atoms with E-state index in [1.54, 1.807) is 0 Å². The van der Waals surface area contributed by atoms with Gasteiger partial charge in [-0.15, -0.1) is 4.99 Å². The zero-order valence-corrected chi connectivity index (χ0v) is 18.4. The summed E-state index contributed by atoms with van der Waals surface area (Å²) in [6, 6.07) is 16.9. The molecule has 2 N–H and O–H groups in total. The number of rotatable bonds is 7. The fourth-order valence-corrected chi connectivity index (χ4v) is 3.56. The maximum absolute atomic E-state index is 6.20. The molecule has 2 aromatic rings. The molecule has 28 heavy (non-hydrogen) atoms. The van der Waals surface area contributed by atoms with E-state index in [-0.39, 0.29) is 5.41 Å². The van der Waals surface area contributed by atoms with Crippen LogP contribution in [0.5, 0.6) is 0 Å². The molecule has 0 amide bonds. The molecule has 0 aliphatic carbocycles. The summed E-state index contributed by atoms with van der Waals surface area (Å²) in [5, 5.41) is 0. The first-order chi connectivity index (χ1) is 13.3. The number of hydrogen-bond donors (Lipinski definition) is 1. The lowest BCUT2D eigenvalue weighted by Gasteiger charge is -2.31. The van der Waals surface area contributed by atoms with E-state index in [0.717, 1.165) is 29.3 Å². The Hall–Kier alpha value is -2.42. The van der Waals surface area contributed by atoms with Crippen LogP contribution in [0.25, 0.3) is 0 Å². The average Bonchev–Trinajstić information content (AvgIpc) is 2.71. The second-order valence-corrected chi connectivity index (χ2v) is 7.99. The van der Waals surface area contributed by atoms with Gasteiger partial charge in [-0.1, -0.05) is 70.0 Å². The van der Waals surface area contributed by atoms with Crippen molar-refractivity contribution in [3.63, 3.8) is 0 Å². The molecule has 3 heteroatoms. The molecule has 0 radical (unpaired) electrons. The first-order valence-electron chi connectivity index (χ1n) is 10.4. The molecule has 0 saturated carbocycles. The Balaban J connectivity index is 2.73. The Bertz CT molecular complexity index is 860. The zero-order valence-electron chi connectivity index (χ0n) is 18.4. The van der Waals surface area contributed by atoms with Gasteiger partial charge in [0.2, 0.25) is 0 Å². The van der Waals surface area contributed by atoms with E-state index in [0.29, 0.717) is 0 Å². The molecule has 0 bridgehead atoms. The number of amidine groups is 2. The van der Waals surface area contributed by atoms with Crippen LogP contribution in [0, 0.1) is 6.92 Å². The normalized spacial score (nSPS) is 15.1. The monoisotopic (exact) mass is 378 g/mol.